The molecule has 94 valence electrons. The van der Waals surface area contributed by atoms with E-state index in [2.05, 4.69) is 4.98 Å². The van der Waals surface area contributed by atoms with Gasteiger partial charge in [-0.3, -0.25) is 9.78 Å². The minimum absolute atomic E-state index is 0.126. The van der Waals surface area contributed by atoms with Crippen LogP contribution in [0.5, 0.6) is 5.75 Å². The Morgan fingerprint density at radius 1 is 1.28 bits per heavy atom. The van der Waals surface area contributed by atoms with Gasteiger partial charge in [0.15, 0.2) is 0 Å². The van der Waals surface area contributed by atoms with Gasteiger partial charge >= 0.3 is 0 Å². The summed E-state index contributed by atoms with van der Waals surface area (Å²) in [5, 5.41) is 1.03. The standard InChI is InChI=1S/C15H17NO2/c1-10(2)18-14-6-7-15-12(9-14)4-5-13(16-15)8-11(3)17/h4-7,9-10H,8H2,1-3H3. The van der Waals surface area contributed by atoms with Crippen molar-refractivity contribution >= 4 is 16.7 Å². The van der Waals surface area contributed by atoms with Crippen LogP contribution in [0.1, 0.15) is 26.5 Å². The topological polar surface area (TPSA) is 39.2 Å². The molecule has 0 N–H and O–H groups in total. The van der Waals surface area contributed by atoms with Crippen molar-refractivity contribution in [2.75, 3.05) is 0 Å². The SMILES string of the molecule is CC(=O)Cc1ccc2cc(OC(C)C)ccc2n1. The number of ketones is 1. The Bertz CT molecular complexity index is 576. The van der Waals surface area contributed by atoms with Crippen LogP contribution in [0.3, 0.4) is 0 Å². The summed E-state index contributed by atoms with van der Waals surface area (Å²) in [5.41, 5.74) is 1.71. The third-order valence-corrected chi connectivity index (χ3v) is 2.52. The number of benzene rings is 1. The lowest BCUT2D eigenvalue weighted by Crippen LogP contribution is -2.05. The van der Waals surface area contributed by atoms with E-state index < -0.39 is 0 Å². The summed E-state index contributed by atoms with van der Waals surface area (Å²) in [6.07, 6.45) is 0.549. The highest BCUT2D eigenvalue weighted by atomic mass is 16.5. The highest BCUT2D eigenvalue weighted by Crippen LogP contribution is 2.21. The Labute approximate surface area is 107 Å². The molecule has 1 aromatic heterocycles. The van der Waals surface area contributed by atoms with Crippen molar-refractivity contribution in [3.05, 3.63) is 36.0 Å². The minimum atomic E-state index is 0.126. The van der Waals surface area contributed by atoms with Crippen molar-refractivity contribution in [3.8, 4) is 5.75 Å². The summed E-state index contributed by atoms with van der Waals surface area (Å²) in [6, 6.07) is 9.68. The van der Waals surface area contributed by atoms with Gasteiger partial charge in [0.2, 0.25) is 0 Å². The molecule has 0 saturated heterocycles. The predicted octanol–water partition coefficient (Wildman–Crippen LogP) is 3.15. The Balaban J connectivity index is 2.32. The van der Waals surface area contributed by atoms with Crippen molar-refractivity contribution in [1.29, 1.82) is 0 Å². The molecule has 18 heavy (non-hydrogen) atoms. The third-order valence-electron chi connectivity index (χ3n) is 2.52. The van der Waals surface area contributed by atoms with Crippen molar-refractivity contribution in [3.63, 3.8) is 0 Å². The summed E-state index contributed by atoms with van der Waals surface area (Å²) in [4.78, 5) is 15.5. The monoisotopic (exact) mass is 243 g/mol. The summed E-state index contributed by atoms with van der Waals surface area (Å²) in [5.74, 6) is 0.972. The number of carbonyl (C=O) groups is 1. The smallest absolute Gasteiger partial charge is 0.135 e. The lowest BCUT2D eigenvalue weighted by Gasteiger charge is -2.10. The average molecular weight is 243 g/mol. The number of pyridine rings is 1. The van der Waals surface area contributed by atoms with Gasteiger partial charge in [-0.05, 0) is 45.0 Å². The molecule has 3 heteroatoms. The summed E-state index contributed by atoms with van der Waals surface area (Å²) < 4.78 is 5.64. The van der Waals surface area contributed by atoms with E-state index in [1.807, 2.05) is 44.2 Å². The number of hydrogen-bond donors (Lipinski definition) is 0. The van der Waals surface area contributed by atoms with Crippen LogP contribution in [-0.2, 0) is 11.2 Å². The molecule has 0 amide bonds. The Morgan fingerprint density at radius 3 is 2.72 bits per heavy atom. The minimum Gasteiger partial charge on any atom is -0.491 e. The number of rotatable bonds is 4. The van der Waals surface area contributed by atoms with Crippen LogP contribution in [0.4, 0.5) is 0 Å². The maximum Gasteiger partial charge on any atom is 0.135 e. The van der Waals surface area contributed by atoms with Crippen molar-refractivity contribution in [2.24, 2.45) is 0 Å². The Hall–Kier alpha value is -1.90. The van der Waals surface area contributed by atoms with Crippen LogP contribution in [0.15, 0.2) is 30.3 Å². The highest BCUT2D eigenvalue weighted by molar-refractivity contribution is 5.82. The lowest BCUT2D eigenvalue weighted by molar-refractivity contribution is -0.116. The number of ether oxygens (including phenoxy) is 1. The molecule has 0 aliphatic rings. The highest BCUT2D eigenvalue weighted by Gasteiger charge is 2.03. The van der Waals surface area contributed by atoms with Crippen molar-refractivity contribution < 1.29 is 9.53 Å². The molecule has 0 spiro atoms. The Kier molecular flexibility index (Phi) is 3.60. The first-order valence-electron chi connectivity index (χ1n) is 6.10. The van der Waals surface area contributed by atoms with E-state index in [0.29, 0.717) is 6.42 Å². The van der Waals surface area contributed by atoms with Gasteiger partial charge in [0.25, 0.3) is 0 Å². The first kappa shape index (κ1) is 12.6. The van der Waals surface area contributed by atoms with E-state index in [4.69, 9.17) is 4.74 Å². The quantitative estimate of drug-likeness (QED) is 0.828. The number of hydrogen-bond acceptors (Lipinski definition) is 3. The molecule has 0 unspecified atom stereocenters. The van der Waals surface area contributed by atoms with Gasteiger partial charge in [0.05, 0.1) is 11.6 Å². The van der Waals surface area contributed by atoms with Gasteiger partial charge in [-0.15, -0.1) is 0 Å². The predicted molar refractivity (Wildman–Crippen MR) is 71.9 cm³/mol. The lowest BCUT2D eigenvalue weighted by atomic mass is 10.1. The molecular weight excluding hydrogens is 226 g/mol. The van der Waals surface area contributed by atoms with Gasteiger partial charge < -0.3 is 4.74 Å². The molecule has 0 aliphatic carbocycles. The maximum absolute atomic E-state index is 11.1. The molecule has 1 aromatic carbocycles. The molecule has 0 fully saturated rings. The second-order valence-electron chi connectivity index (χ2n) is 4.70. The zero-order valence-corrected chi connectivity index (χ0v) is 10.9. The van der Waals surface area contributed by atoms with Crippen LogP contribution in [0.2, 0.25) is 0 Å². The first-order chi connectivity index (χ1) is 8.54. The van der Waals surface area contributed by atoms with Crippen LogP contribution in [0.25, 0.3) is 10.9 Å². The largest absolute Gasteiger partial charge is 0.491 e. The second kappa shape index (κ2) is 5.17. The molecule has 2 aromatic rings. The van der Waals surface area contributed by atoms with E-state index >= 15 is 0 Å². The van der Waals surface area contributed by atoms with E-state index in [0.717, 1.165) is 22.3 Å². The molecule has 0 radical (unpaired) electrons. The fourth-order valence-corrected chi connectivity index (χ4v) is 1.84. The average Bonchev–Trinajstić information content (AvgIpc) is 2.27. The Morgan fingerprint density at radius 2 is 2.06 bits per heavy atom. The van der Waals surface area contributed by atoms with Gasteiger partial charge in [0.1, 0.15) is 11.5 Å². The van der Waals surface area contributed by atoms with Crippen LogP contribution >= 0.6 is 0 Å². The van der Waals surface area contributed by atoms with Crippen LogP contribution in [-0.4, -0.2) is 16.9 Å². The van der Waals surface area contributed by atoms with E-state index in [9.17, 15) is 4.79 Å². The number of fused-ring (bicyclic) bond motifs is 1. The molecule has 2 rings (SSSR count). The summed E-state index contributed by atoms with van der Waals surface area (Å²) >= 11 is 0. The summed E-state index contributed by atoms with van der Waals surface area (Å²) in [6.45, 7) is 5.57. The van der Waals surface area contributed by atoms with E-state index in [1.54, 1.807) is 6.92 Å². The molecule has 3 nitrogen and oxygen atoms in total. The maximum atomic E-state index is 11.1. The number of Topliss-reactive ketones (excluding diaryl/α,β-unsaturated/α-hetero) is 1. The number of carbonyl (C=O) groups excluding carboxylic acids is 1. The fraction of sp³-hybridized carbons (Fsp3) is 0.333. The molecule has 0 atom stereocenters. The van der Waals surface area contributed by atoms with Gasteiger partial charge in [-0.1, -0.05) is 6.07 Å². The van der Waals surface area contributed by atoms with E-state index in [1.165, 1.54) is 0 Å². The number of aromatic nitrogens is 1. The van der Waals surface area contributed by atoms with Crippen LogP contribution in [0, 0.1) is 0 Å². The first-order valence-corrected chi connectivity index (χ1v) is 6.10. The molecule has 0 bridgehead atoms. The van der Waals surface area contributed by atoms with Gasteiger partial charge in [0, 0.05) is 17.5 Å². The third kappa shape index (κ3) is 3.06. The van der Waals surface area contributed by atoms with Crippen molar-refractivity contribution in [2.45, 2.75) is 33.3 Å². The second-order valence-corrected chi connectivity index (χ2v) is 4.70. The van der Waals surface area contributed by atoms with Gasteiger partial charge in [-0.25, -0.2) is 0 Å². The molecular formula is C15H17NO2. The normalized spacial score (nSPS) is 10.9. The number of nitrogens with zero attached hydrogens (tertiary/aromatic N) is 1. The van der Waals surface area contributed by atoms with Crippen LogP contribution < -0.4 is 4.74 Å². The zero-order chi connectivity index (χ0) is 13.1. The molecule has 0 aliphatic heterocycles. The van der Waals surface area contributed by atoms with Crippen molar-refractivity contribution in [1.82, 2.24) is 4.98 Å². The summed E-state index contributed by atoms with van der Waals surface area (Å²) in [7, 11) is 0. The van der Waals surface area contributed by atoms with E-state index in [-0.39, 0.29) is 11.9 Å². The molecule has 1 heterocycles. The fourth-order valence-electron chi connectivity index (χ4n) is 1.84. The molecule has 0 saturated carbocycles. The zero-order valence-electron chi connectivity index (χ0n) is 10.9. The van der Waals surface area contributed by atoms with Gasteiger partial charge in [-0.2, -0.15) is 0 Å².